The van der Waals surface area contributed by atoms with E-state index in [0.717, 1.165) is 34.9 Å². The van der Waals surface area contributed by atoms with Crippen LogP contribution in [-0.4, -0.2) is 11.9 Å². The Morgan fingerprint density at radius 1 is 0.826 bits per heavy atom. The standard InChI is InChI=1S/C20H24BrNO/c1-22-19-11-9-18-16-20(12-10-17(18)15-19)23-14-8-6-4-2-3-5-7-13-21/h9-12,15-16H,2-8,13-14H2. The minimum Gasteiger partial charge on any atom is -0.494 e. The van der Waals surface area contributed by atoms with Gasteiger partial charge in [-0.25, -0.2) is 4.85 Å². The molecule has 0 aliphatic rings. The normalized spacial score (nSPS) is 10.6. The maximum Gasteiger partial charge on any atom is 0.187 e. The van der Waals surface area contributed by atoms with Crippen molar-refractivity contribution in [3.05, 3.63) is 47.8 Å². The van der Waals surface area contributed by atoms with Crippen LogP contribution in [0.5, 0.6) is 5.75 Å². The van der Waals surface area contributed by atoms with Gasteiger partial charge in [-0.15, -0.1) is 0 Å². The molecule has 0 N–H and O–H groups in total. The molecule has 2 aromatic carbocycles. The van der Waals surface area contributed by atoms with Crippen LogP contribution in [0.4, 0.5) is 5.69 Å². The van der Waals surface area contributed by atoms with Crippen molar-refractivity contribution in [3.63, 3.8) is 0 Å². The molecule has 2 nitrogen and oxygen atoms in total. The van der Waals surface area contributed by atoms with Crippen molar-refractivity contribution < 1.29 is 4.74 Å². The van der Waals surface area contributed by atoms with Crippen LogP contribution in [0.2, 0.25) is 0 Å². The molecule has 23 heavy (non-hydrogen) atoms. The highest BCUT2D eigenvalue weighted by molar-refractivity contribution is 9.09. The molecule has 0 spiro atoms. The lowest BCUT2D eigenvalue weighted by Gasteiger charge is -2.07. The van der Waals surface area contributed by atoms with E-state index in [0.29, 0.717) is 5.69 Å². The first-order chi connectivity index (χ1) is 11.3. The van der Waals surface area contributed by atoms with Gasteiger partial charge in [-0.1, -0.05) is 66.2 Å². The molecule has 3 heteroatoms. The fraction of sp³-hybridized carbons (Fsp3) is 0.450. The zero-order valence-electron chi connectivity index (χ0n) is 13.6. The predicted octanol–water partition coefficient (Wildman–Crippen LogP) is 6.89. The molecule has 0 heterocycles. The number of alkyl halides is 1. The fourth-order valence-electron chi connectivity index (χ4n) is 2.64. The van der Waals surface area contributed by atoms with Crippen LogP contribution in [-0.2, 0) is 0 Å². The second-order valence-electron chi connectivity index (χ2n) is 5.82. The summed E-state index contributed by atoms with van der Waals surface area (Å²) in [4.78, 5) is 3.46. The van der Waals surface area contributed by atoms with Crippen LogP contribution in [0.15, 0.2) is 36.4 Å². The summed E-state index contributed by atoms with van der Waals surface area (Å²) in [6.45, 7) is 7.84. The molecule has 0 radical (unpaired) electrons. The zero-order chi connectivity index (χ0) is 16.3. The SMILES string of the molecule is [C-]#[N+]c1ccc2cc(OCCCCCCCCCBr)ccc2c1. The number of rotatable bonds is 10. The Morgan fingerprint density at radius 3 is 2.22 bits per heavy atom. The molecule has 0 fully saturated rings. The van der Waals surface area contributed by atoms with E-state index < -0.39 is 0 Å². The molecule has 122 valence electrons. The highest BCUT2D eigenvalue weighted by Gasteiger charge is 1.99. The van der Waals surface area contributed by atoms with E-state index in [4.69, 9.17) is 11.3 Å². The van der Waals surface area contributed by atoms with E-state index in [1.165, 1.54) is 38.5 Å². The lowest BCUT2D eigenvalue weighted by molar-refractivity contribution is 0.304. The number of fused-ring (bicyclic) bond motifs is 1. The highest BCUT2D eigenvalue weighted by Crippen LogP contribution is 2.25. The third kappa shape index (κ3) is 6.23. The third-order valence-corrected chi connectivity index (χ3v) is 4.53. The van der Waals surface area contributed by atoms with Crippen molar-refractivity contribution in [2.24, 2.45) is 0 Å². The highest BCUT2D eigenvalue weighted by atomic mass is 79.9. The summed E-state index contributed by atoms with van der Waals surface area (Å²) >= 11 is 3.47. The summed E-state index contributed by atoms with van der Waals surface area (Å²) in [5.41, 5.74) is 0.683. The summed E-state index contributed by atoms with van der Waals surface area (Å²) in [6.07, 6.45) is 9.00. The molecule has 0 saturated carbocycles. The Kier molecular flexibility index (Phi) is 7.97. The second-order valence-corrected chi connectivity index (χ2v) is 6.61. The average molecular weight is 374 g/mol. The monoisotopic (exact) mass is 373 g/mol. The molecular weight excluding hydrogens is 350 g/mol. The van der Waals surface area contributed by atoms with Gasteiger partial charge >= 0.3 is 0 Å². The van der Waals surface area contributed by atoms with Gasteiger partial charge in [0.1, 0.15) is 5.75 Å². The number of benzene rings is 2. The topological polar surface area (TPSA) is 13.6 Å². The first kappa shape index (κ1) is 17.8. The van der Waals surface area contributed by atoms with Gasteiger partial charge in [-0.05, 0) is 41.8 Å². The first-order valence-corrected chi connectivity index (χ1v) is 9.55. The smallest absolute Gasteiger partial charge is 0.187 e. The van der Waals surface area contributed by atoms with Crippen LogP contribution >= 0.6 is 15.9 Å². The van der Waals surface area contributed by atoms with Crippen molar-refractivity contribution in [1.82, 2.24) is 0 Å². The molecule has 2 rings (SSSR count). The lowest BCUT2D eigenvalue weighted by atomic mass is 10.1. The second kappa shape index (κ2) is 10.3. The van der Waals surface area contributed by atoms with E-state index in [2.05, 4.69) is 26.8 Å². The lowest BCUT2D eigenvalue weighted by Crippen LogP contribution is -1.97. The minimum absolute atomic E-state index is 0.683. The first-order valence-electron chi connectivity index (χ1n) is 8.43. The Hall–Kier alpha value is -1.53. The number of nitrogens with zero attached hydrogens (tertiary/aromatic N) is 1. The largest absolute Gasteiger partial charge is 0.494 e. The molecule has 2 aromatic rings. The van der Waals surface area contributed by atoms with E-state index >= 15 is 0 Å². The van der Waals surface area contributed by atoms with Crippen LogP contribution in [0.3, 0.4) is 0 Å². The molecule has 0 aromatic heterocycles. The molecule has 0 atom stereocenters. The average Bonchev–Trinajstić information content (AvgIpc) is 2.59. The molecule has 0 aliphatic heterocycles. The summed E-state index contributed by atoms with van der Waals surface area (Å²) in [7, 11) is 0. The van der Waals surface area contributed by atoms with Gasteiger partial charge in [-0.3, -0.25) is 0 Å². The Balaban J connectivity index is 1.68. The van der Waals surface area contributed by atoms with Crippen molar-refractivity contribution in [2.75, 3.05) is 11.9 Å². The fourth-order valence-corrected chi connectivity index (χ4v) is 3.04. The minimum atomic E-state index is 0.683. The van der Waals surface area contributed by atoms with Crippen molar-refractivity contribution in [3.8, 4) is 5.75 Å². The van der Waals surface area contributed by atoms with Crippen LogP contribution in [0.25, 0.3) is 15.6 Å². The van der Waals surface area contributed by atoms with Gasteiger partial charge in [0.05, 0.1) is 13.2 Å². The van der Waals surface area contributed by atoms with Crippen LogP contribution < -0.4 is 4.74 Å². The molecule has 0 bridgehead atoms. The van der Waals surface area contributed by atoms with Crippen molar-refractivity contribution in [1.29, 1.82) is 0 Å². The quantitative estimate of drug-likeness (QED) is 0.251. The van der Waals surface area contributed by atoms with Crippen molar-refractivity contribution in [2.45, 2.75) is 44.9 Å². The maximum atomic E-state index is 7.05. The summed E-state index contributed by atoms with van der Waals surface area (Å²) in [6, 6.07) is 11.8. The van der Waals surface area contributed by atoms with Gasteiger partial charge in [0.2, 0.25) is 0 Å². The molecule has 0 aliphatic carbocycles. The number of unbranched alkanes of at least 4 members (excludes halogenated alkanes) is 6. The third-order valence-electron chi connectivity index (χ3n) is 3.97. The van der Waals surface area contributed by atoms with Gasteiger partial charge < -0.3 is 4.74 Å². The Bertz CT molecular complexity index is 648. The molecule has 0 saturated heterocycles. The van der Waals surface area contributed by atoms with Crippen LogP contribution in [0, 0.1) is 6.57 Å². The van der Waals surface area contributed by atoms with E-state index in [9.17, 15) is 0 Å². The maximum absolute atomic E-state index is 7.05. The number of hydrogen-bond acceptors (Lipinski definition) is 1. The summed E-state index contributed by atoms with van der Waals surface area (Å²) in [5, 5.41) is 3.35. The predicted molar refractivity (Wildman–Crippen MR) is 102 cm³/mol. The van der Waals surface area contributed by atoms with E-state index in [1.54, 1.807) is 0 Å². The summed E-state index contributed by atoms with van der Waals surface area (Å²) in [5.74, 6) is 0.922. The van der Waals surface area contributed by atoms with Crippen LogP contribution in [0.1, 0.15) is 44.9 Å². The molecule has 0 unspecified atom stereocenters. The van der Waals surface area contributed by atoms with Gasteiger partial charge in [0.25, 0.3) is 0 Å². The zero-order valence-corrected chi connectivity index (χ0v) is 15.1. The number of ether oxygens (including phenoxy) is 1. The van der Waals surface area contributed by atoms with Gasteiger partial charge in [0, 0.05) is 5.33 Å². The molecule has 0 amide bonds. The van der Waals surface area contributed by atoms with E-state index in [1.807, 2.05) is 30.3 Å². The number of hydrogen-bond donors (Lipinski definition) is 0. The van der Waals surface area contributed by atoms with E-state index in [-0.39, 0.29) is 0 Å². The number of halogens is 1. The Labute approximate surface area is 147 Å². The van der Waals surface area contributed by atoms with Crippen molar-refractivity contribution >= 4 is 32.4 Å². The van der Waals surface area contributed by atoms with Gasteiger partial charge in [0.15, 0.2) is 5.69 Å². The molecular formula is C20H24BrNO. The Morgan fingerprint density at radius 2 is 1.48 bits per heavy atom. The van der Waals surface area contributed by atoms with Gasteiger partial charge in [-0.2, -0.15) is 0 Å². The summed E-state index contributed by atoms with van der Waals surface area (Å²) < 4.78 is 5.85.